The summed E-state index contributed by atoms with van der Waals surface area (Å²) in [4.78, 5) is 16.6. The number of nitrogens with zero attached hydrogens (tertiary/aromatic N) is 3. The summed E-state index contributed by atoms with van der Waals surface area (Å²) in [5.74, 6) is -3.44. The third kappa shape index (κ3) is 3.65. The number of rotatable bonds is 2. The maximum Gasteiger partial charge on any atom is 0.422 e. The minimum absolute atomic E-state index is 0.000301. The van der Waals surface area contributed by atoms with Crippen molar-refractivity contribution >= 4 is 17.5 Å². The SMILES string of the molecule is O=C1CC(O)(C(F)(F)F)c2c(n[nH]c2C2CCN(c3ncc(C(F)(F)F)cc3F)CC2)N1. The molecule has 1 fully saturated rings. The van der Waals surface area contributed by atoms with Crippen LogP contribution in [0, 0.1) is 5.82 Å². The van der Waals surface area contributed by atoms with Crippen molar-refractivity contribution in [2.24, 2.45) is 0 Å². The van der Waals surface area contributed by atoms with E-state index < -0.39 is 59.0 Å². The smallest absolute Gasteiger partial charge is 0.376 e. The molecule has 3 N–H and O–H groups in total. The normalized spacial score (nSPS) is 22.6. The second kappa shape index (κ2) is 7.32. The lowest BCUT2D eigenvalue weighted by atomic mass is 9.81. The summed E-state index contributed by atoms with van der Waals surface area (Å²) in [7, 11) is 0. The highest BCUT2D eigenvalue weighted by molar-refractivity contribution is 5.94. The van der Waals surface area contributed by atoms with Crippen LogP contribution in [-0.2, 0) is 16.6 Å². The van der Waals surface area contributed by atoms with E-state index in [-0.39, 0.29) is 37.4 Å². The topological polar surface area (TPSA) is 94.1 Å². The summed E-state index contributed by atoms with van der Waals surface area (Å²) < 4.78 is 93.2. The van der Waals surface area contributed by atoms with E-state index in [4.69, 9.17) is 0 Å². The molecule has 174 valence electrons. The fourth-order valence-electron chi connectivity index (χ4n) is 4.10. The van der Waals surface area contributed by atoms with Gasteiger partial charge in [0.25, 0.3) is 0 Å². The monoisotopic (exact) mass is 467 g/mol. The molecule has 0 bridgehead atoms. The zero-order valence-corrected chi connectivity index (χ0v) is 16.1. The molecule has 14 heteroatoms. The van der Waals surface area contributed by atoms with Gasteiger partial charge in [-0.3, -0.25) is 9.89 Å². The van der Waals surface area contributed by atoms with E-state index in [0.29, 0.717) is 12.3 Å². The predicted molar refractivity (Wildman–Crippen MR) is 95.2 cm³/mol. The summed E-state index contributed by atoms with van der Waals surface area (Å²) in [6.45, 7) is 0.176. The molecule has 1 unspecified atom stereocenters. The van der Waals surface area contributed by atoms with Gasteiger partial charge in [-0.1, -0.05) is 0 Å². The summed E-state index contributed by atoms with van der Waals surface area (Å²) in [6, 6.07) is 0.339. The van der Waals surface area contributed by atoms with E-state index >= 15 is 0 Å². The highest BCUT2D eigenvalue weighted by Gasteiger charge is 2.61. The Labute approximate surface area is 175 Å². The standard InChI is InChI=1S/C18H16F7N5O2/c19-10-5-9(17(20,21)22)7-26-15(10)30-3-1-8(2-4-30)13-12-14(29-28-13)27-11(31)6-16(12,32)18(23,24)25/h5,7-8,32H,1-4,6H2,(H2,27,28,29,31). The largest absolute Gasteiger partial charge is 0.422 e. The number of aliphatic hydroxyl groups is 1. The number of alkyl halides is 6. The number of carbonyl (C=O) groups is 1. The van der Waals surface area contributed by atoms with Crippen LogP contribution >= 0.6 is 0 Å². The number of hydrogen-bond donors (Lipinski definition) is 3. The van der Waals surface area contributed by atoms with Crippen molar-refractivity contribution in [1.29, 1.82) is 0 Å². The van der Waals surface area contributed by atoms with Crippen molar-refractivity contribution in [3.05, 3.63) is 34.9 Å². The average Bonchev–Trinajstić information content (AvgIpc) is 3.11. The Bertz CT molecular complexity index is 1040. The zero-order chi connectivity index (χ0) is 23.5. The number of pyridine rings is 1. The highest BCUT2D eigenvalue weighted by atomic mass is 19.4. The van der Waals surface area contributed by atoms with Crippen molar-refractivity contribution in [1.82, 2.24) is 15.2 Å². The number of piperidine rings is 1. The van der Waals surface area contributed by atoms with Crippen molar-refractivity contribution in [2.45, 2.75) is 43.1 Å². The van der Waals surface area contributed by atoms with Crippen LogP contribution in [0.4, 0.5) is 42.4 Å². The second-order valence-corrected chi connectivity index (χ2v) is 7.73. The van der Waals surface area contributed by atoms with Gasteiger partial charge in [0.15, 0.2) is 23.1 Å². The van der Waals surface area contributed by atoms with Gasteiger partial charge in [-0.25, -0.2) is 9.37 Å². The molecule has 1 atom stereocenters. The van der Waals surface area contributed by atoms with Crippen LogP contribution < -0.4 is 10.2 Å². The highest BCUT2D eigenvalue weighted by Crippen LogP contribution is 2.49. The Balaban J connectivity index is 1.56. The van der Waals surface area contributed by atoms with E-state index in [2.05, 4.69) is 20.5 Å². The Morgan fingerprint density at radius 1 is 1.16 bits per heavy atom. The number of amides is 1. The third-order valence-corrected chi connectivity index (χ3v) is 5.70. The Hall–Kier alpha value is -2.90. The minimum Gasteiger partial charge on any atom is -0.376 e. The average molecular weight is 467 g/mol. The van der Waals surface area contributed by atoms with Crippen molar-refractivity contribution in [2.75, 3.05) is 23.3 Å². The third-order valence-electron chi connectivity index (χ3n) is 5.70. The van der Waals surface area contributed by atoms with Crippen molar-refractivity contribution in [3.63, 3.8) is 0 Å². The molecule has 0 aromatic carbocycles. The number of nitrogens with one attached hydrogen (secondary N) is 2. The van der Waals surface area contributed by atoms with Gasteiger partial charge in [0.1, 0.15) is 0 Å². The molecule has 32 heavy (non-hydrogen) atoms. The van der Waals surface area contributed by atoms with Gasteiger partial charge in [-0.2, -0.15) is 31.4 Å². The van der Waals surface area contributed by atoms with Crippen molar-refractivity contribution < 1.29 is 40.6 Å². The first-order chi connectivity index (χ1) is 14.8. The molecule has 0 saturated carbocycles. The maximum absolute atomic E-state index is 14.2. The zero-order valence-electron chi connectivity index (χ0n) is 16.1. The summed E-state index contributed by atoms with van der Waals surface area (Å²) >= 11 is 0. The lowest BCUT2D eigenvalue weighted by molar-refractivity contribution is -0.267. The van der Waals surface area contributed by atoms with Crippen LogP contribution in [0.3, 0.4) is 0 Å². The Morgan fingerprint density at radius 2 is 1.81 bits per heavy atom. The predicted octanol–water partition coefficient (Wildman–Crippen LogP) is 3.44. The van der Waals surface area contributed by atoms with Crippen LogP contribution in [0.1, 0.15) is 42.0 Å². The van der Waals surface area contributed by atoms with Gasteiger partial charge >= 0.3 is 12.4 Å². The van der Waals surface area contributed by atoms with E-state index in [1.165, 1.54) is 4.90 Å². The van der Waals surface area contributed by atoms with Crippen LogP contribution in [0.25, 0.3) is 0 Å². The van der Waals surface area contributed by atoms with E-state index in [1.54, 1.807) is 0 Å². The summed E-state index contributed by atoms with van der Waals surface area (Å²) in [5.41, 5.74) is -5.20. The van der Waals surface area contributed by atoms with Gasteiger partial charge < -0.3 is 15.3 Å². The van der Waals surface area contributed by atoms with E-state index in [9.17, 15) is 40.6 Å². The molecular formula is C18H16F7N5O2. The number of aromatic amines is 1. The Kier molecular flexibility index (Phi) is 5.10. The number of H-pyrrole nitrogens is 1. The number of anilines is 2. The van der Waals surface area contributed by atoms with Crippen LogP contribution in [0.15, 0.2) is 12.3 Å². The first-order valence-corrected chi connectivity index (χ1v) is 9.46. The van der Waals surface area contributed by atoms with E-state index in [0.717, 1.165) is 0 Å². The number of aromatic nitrogens is 3. The molecule has 0 radical (unpaired) electrons. The van der Waals surface area contributed by atoms with Gasteiger partial charge in [0, 0.05) is 30.9 Å². The lowest BCUT2D eigenvalue weighted by Gasteiger charge is -2.37. The molecule has 2 aromatic rings. The van der Waals surface area contributed by atoms with Crippen molar-refractivity contribution in [3.8, 4) is 0 Å². The minimum atomic E-state index is -5.13. The fourth-order valence-corrected chi connectivity index (χ4v) is 4.10. The van der Waals surface area contributed by atoms with Gasteiger partial charge in [-0.15, -0.1) is 0 Å². The number of halogens is 7. The molecule has 2 aromatic heterocycles. The molecular weight excluding hydrogens is 451 g/mol. The van der Waals surface area contributed by atoms with Crippen LogP contribution in [0.2, 0.25) is 0 Å². The van der Waals surface area contributed by atoms with Gasteiger partial charge in [0.2, 0.25) is 5.91 Å². The first-order valence-electron chi connectivity index (χ1n) is 9.46. The van der Waals surface area contributed by atoms with Crippen LogP contribution in [-0.4, -0.2) is 45.5 Å². The maximum atomic E-state index is 14.2. The molecule has 4 heterocycles. The summed E-state index contributed by atoms with van der Waals surface area (Å²) in [6.07, 6.45) is -10.2. The molecule has 0 spiro atoms. The molecule has 4 rings (SSSR count). The number of hydrogen-bond acceptors (Lipinski definition) is 5. The summed E-state index contributed by atoms with van der Waals surface area (Å²) in [5, 5.41) is 18.8. The number of carbonyl (C=O) groups excluding carboxylic acids is 1. The number of fused-ring (bicyclic) bond motifs is 1. The molecule has 2 aliphatic heterocycles. The van der Waals surface area contributed by atoms with Crippen LogP contribution in [0.5, 0.6) is 0 Å². The molecule has 7 nitrogen and oxygen atoms in total. The van der Waals surface area contributed by atoms with Gasteiger partial charge in [0.05, 0.1) is 17.5 Å². The second-order valence-electron chi connectivity index (χ2n) is 7.73. The first kappa shape index (κ1) is 22.3. The Morgan fingerprint density at radius 3 is 2.38 bits per heavy atom. The molecule has 2 aliphatic rings. The molecule has 0 aliphatic carbocycles. The quantitative estimate of drug-likeness (QED) is 0.589. The van der Waals surface area contributed by atoms with Gasteiger partial charge in [-0.05, 0) is 18.9 Å². The molecule has 1 saturated heterocycles. The lowest BCUT2D eigenvalue weighted by Crippen LogP contribution is -2.49. The fraction of sp³-hybridized carbons (Fsp3) is 0.500. The van der Waals surface area contributed by atoms with E-state index in [1.807, 2.05) is 0 Å². The molecule has 1 amide bonds.